The predicted molar refractivity (Wildman–Crippen MR) is 255 cm³/mol. The van der Waals surface area contributed by atoms with Crippen molar-refractivity contribution < 1.29 is 53.9 Å². The topological polar surface area (TPSA) is 206 Å². The highest BCUT2D eigenvalue weighted by molar-refractivity contribution is 7.47. The first-order chi connectivity index (χ1) is 30.4. The molecule has 0 bridgehead atoms. The van der Waals surface area contributed by atoms with Gasteiger partial charge in [0.2, 0.25) is 5.91 Å². The monoisotopic (exact) mass is 922 g/mol. The lowest BCUT2D eigenvalue weighted by molar-refractivity contribution is -0.220. The van der Waals surface area contributed by atoms with Gasteiger partial charge in [-0.3, -0.25) is 13.8 Å². The lowest BCUT2D eigenvalue weighted by Crippen LogP contribution is -2.64. The van der Waals surface area contributed by atoms with Gasteiger partial charge in [0.05, 0.1) is 18.8 Å². The van der Waals surface area contributed by atoms with Gasteiger partial charge in [0.15, 0.2) is 0 Å². The molecule has 8 N–H and O–H groups in total. The van der Waals surface area contributed by atoms with Crippen LogP contribution in [0.25, 0.3) is 0 Å². The Kier molecular flexibility index (Phi) is 38.7. The lowest BCUT2D eigenvalue weighted by Gasteiger charge is -2.41. The lowest BCUT2D eigenvalue weighted by atomic mass is 9.85. The van der Waals surface area contributed by atoms with E-state index in [2.05, 4.69) is 19.2 Å². The molecule has 376 valence electrons. The van der Waals surface area contributed by atoms with Crippen LogP contribution in [0.2, 0.25) is 0 Å². The maximum atomic E-state index is 13.0. The van der Waals surface area contributed by atoms with Crippen molar-refractivity contribution in [3.05, 3.63) is 0 Å². The Bertz CT molecular complexity index is 1070. The van der Waals surface area contributed by atoms with Gasteiger partial charge in [0.1, 0.15) is 36.6 Å². The zero-order chi connectivity index (χ0) is 46.4. The molecule has 9 atom stereocenters. The first-order valence-corrected chi connectivity index (χ1v) is 28.0. The van der Waals surface area contributed by atoms with Gasteiger partial charge in [-0.15, -0.1) is 0 Å². The Morgan fingerprint density at radius 3 is 1.10 bits per heavy atom. The van der Waals surface area contributed by atoms with Crippen LogP contribution in [0.3, 0.4) is 0 Å². The fraction of sp³-hybridized carbons (Fsp3) is 0.980. The Balaban J connectivity index is 2.25. The molecule has 0 radical (unpaired) electrons. The summed E-state index contributed by atoms with van der Waals surface area (Å²) in [4.78, 5) is 23.4. The van der Waals surface area contributed by atoms with Crippen molar-refractivity contribution in [2.75, 3.05) is 6.61 Å². The van der Waals surface area contributed by atoms with E-state index in [1.807, 2.05) is 0 Å². The summed E-state index contributed by atoms with van der Waals surface area (Å²) in [7, 11) is -5.05. The number of phosphoric acid groups is 1. The normalized spacial score (nSPS) is 22.2. The van der Waals surface area contributed by atoms with Crippen LogP contribution in [0.5, 0.6) is 0 Å². The molecule has 0 heterocycles. The molecule has 6 unspecified atom stereocenters. The third-order valence-corrected chi connectivity index (χ3v) is 14.2. The molecule has 1 saturated carbocycles. The number of aliphatic hydroxyl groups is 6. The maximum Gasteiger partial charge on any atom is 0.472 e. The van der Waals surface area contributed by atoms with Gasteiger partial charge in [-0.2, -0.15) is 0 Å². The van der Waals surface area contributed by atoms with E-state index in [1.54, 1.807) is 0 Å². The van der Waals surface area contributed by atoms with Gasteiger partial charge in [-0.25, -0.2) is 4.57 Å². The number of nitrogens with one attached hydrogen (secondary N) is 1. The molecule has 0 aromatic rings. The third-order valence-electron chi connectivity index (χ3n) is 13.2. The Hall–Kier alpha value is -0.660. The number of carbonyl (C=O) groups excluding carboxylic acids is 1. The second-order valence-electron chi connectivity index (χ2n) is 19.1. The summed E-state index contributed by atoms with van der Waals surface area (Å²) in [6.45, 7) is 3.89. The Morgan fingerprint density at radius 2 is 0.762 bits per heavy atom. The average molecular weight is 922 g/mol. The van der Waals surface area contributed by atoms with E-state index in [9.17, 15) is 44.9 Å². The SMILES string of the molecule is CCCCCCCCCCCCCCCCCCCCCCCCCCCCC(=O)N[C@@H](COP(=O)(O)OC1C(O)C(O)C(O)[C@@H](O)C1O)[C@H](O)CCCCCCCCCCCC. The molecule has 63 heavy (non-hydrogen) atoms. The van der Waals surface area contributed by atoms with E-state index in [1.165, 1.54) is 180 Å². The minimum absolute atomic E-state index is 0.243. The molecule has 1 fully saturated rings. The molecule has 0 spiro atoms. The standard InChI is InChI=1S/C50H100NO11P/c1-3-5-7-9-11-13-15-16-17-18-19-20-21-22-23-24-25-26-27-28-29-30-32-34-36-38-40-44(53)51-42(43(52)39-37-35-33-31-14-12-10-8-6-4-2)41-61-63(59,60)62-50-48(57)46(55)45(54)47(56)49(50)58/h42-43,45-50,52,54-58H,3-41H2,1-2H3,(H,51,53)(H,59,60)/t42-,43+,45?,46+,47?,48?,49?,50?/m0/s1. The zero-order valence-corrected chi connectivity index (χ0v) is 41.3. The van der Waals surface area contributed by atoms with E-state index >= 15 is 0 Å². The van der Waals surface area contributed by atoms with Crippen LogP contribution < -0.4 is 5.32 Å². The second kappa shape index (κ2) is 40.4. The van der Waals surface area contributed by atoms with E-state index in [0.29, 0.717) is 19.3 Å². The number of hydrogen-bond donors (Lipinski definition) is 8. The number of rotatable bonds is 45. The van der Waals surface area contributed by atoms with E-state index in [0.717, 1.165) is 38.5 Å². The van der Waals surface area contributed by atoms with Crippen molar-refractivity contribution in [2.24, 2.45) is 0 Å². The highest BCUT2D eigenvalue weighted by Gasteiger charge is 2.51. The van der Waals surface area contributed by atoms with Gasteiger partial charge in [-0.1, -0.05) is 239 Å². The van der Waals surface area contributed by atoms with Crippen LogP contribution in [0.15, 0.2) is 0 Å². The summed E-state index contributed by atoms with van der Waals surface area (Å²) in [5, 5.41) is 64.1. The van der Waals surface area contributed by atoms with Crippen molar-refractivity contribution in [3.63, 3.8) is 0 Å². The van der Waals surface area contributed by atoms with Gasteiger partial charge >= 0.3 is 7.82 Å². The predicted octanol–water partition coefficient (Wildman–Crippen LogP) is 11.0. The van der Waals surface area contributed by atoms with Crippen molar-refractivity contribution in [2.45, 2.75) is 307 Å². The van der Waals surface area contributed by atoms with Crippen molar-refractivity contribution in [1.82, 2.24) is 5.32 Å². The van der Waals surface area contributed by atoms with E-state index < -0.39 is 63.2 Å². The summed E-state index contributed by atoms with van der Waals surface area (Å²) in [5.74, 6) is -0.304. The number of phosphoric ester groups is 1. The first kappa shape index (κ1) is 60.4. The number of unbranched alkanes of at least 4 members (excludes halogenated alkanes) is 34. The average Bonchev–Trinajstić information content (AvgIpc) is 3.27. The highest BCUT2D eigenvalue weighted by atomic mass is 31.2. The molecule has 1 aliphatic rings. The zero-order valence-electron chi connectivity index (χ0n) is 40.4. The van der Waals surface area contributed by atoms with Gasteiger partial charge in [-0.05, 0) is 12.8 Å². The van der Waals surface area contributed by atoms with Crippen LogP contribution in [0.4, 0.5) is 0 Å². The largest absolute Gasteiger partial charge is 0.472 e. The molecule has 1 aliphatic carbocycles. The molecular weight excluding hydrogens is 822 g/mol. The smallest absolute Gasteiger partial charge is 0.391 e. The maximum absolute atomic E-state index is 13.0. The number of carbonyl (C=O) groups is 1. The molecular formula is C50H100NO11P. The molecule has 12 nitrogen and oxygen atoms in total. The minimum Gasteiger partial charge on any atom is -0.391 e. The second-order valence-corrected chi connectivity index (χ2v) is 20.5. The summed E-state index contributed by atoms with van der Waals surface area (Å²) in [6, 6.07) is -1.02. The fourth-order valence-corrected chi connectivity index (χ4v) is 9.82. The molecule has 1 amide bonds. The minimum atomic E-state index is -5.05. The number of hydrogen-bond acceptors (Lipinski definition) is 10. The van der Waals surface area contributed by atoms with E-state index in [-0.39, 0.29) is 12.3 Å². The van der Waals surface area contributed by atoms with Crippen LogP contribution >= 0.6 is 7.82 Å². The van der Waals surface area contributed by atoms with Crippen LogP contribution in [0.1, 0.15) is 258 Å². The number of amides is 1. The Labute approximate surface area is 385 Å². The van der Waals surface area contributed by atoms with Gasteiger partial charge in [0, 0.05) is 6.42 Å². The Morgan fingerprint density at radius 1 is 0.476 bits per heavy atom. The van der Waals surface area contributed by atoms with Gasteiger partial charge < -0.3 is 40.8 Å². The van der Waals surface area contributed by atoms with Crippen molar-refractivity contribution in [3.8, 4) is 0 Å². The van der Waals surface area contributed by atoms with Crippen molar-refractivity contribution >= 4 is 13.7 Å². The molecule has 0 aromatic heterocycles. The quantitative estimate of drug-likeness (QED) is 0.0213. The summed E-state index contributed by atoms with van der Waals surface area (Å²) in [5.41, 5.74) is 0. The number of aliphatic hydroxyl groups excluding tert-OH is 6. The first-order valence-electron chi connectivity index (χ1n) is 26.5. The van der Waals surface area contributed by atoms with Gasteiger partial charge in [0.25, 0.3) is 0 Å². The third kappa shape index (κ3) is 31.9. The van der Waals surface area contributed by atoms with Crippen molar-refractivity contribution in [1.29, 1.82) is 0 Å². The van der Waals surface area contributed by atoms with Crippen LogP contribution in [0, 0.1) is 0 Å². The molecule has 0 aliphatic heterocycles. The molecule has 13 heteroatoms. The summed E-state index contributed by atoms with van der Waals surface area (Å²) >= 11 is 0. The summed E-state index contributed by atoms with van der Waals surface area (Å²) in [6.07, 6.45) is 33.1. The van der Waals surface area contributed by atoms with Crippen LogP contribution in [-0.2, 0) is 18.4 Å². The fourth-order valence-electron chi connectivity index (χ4n) is 8.85. The molecule has 0 aromatic carbocycles. The molecule has 0 saturated heterocycles. The highest BCUT2D eigenvalue weighted by Crippen LogP contribution is 2.47. The molecule has 1 rings (SSSR count). The van der Waals surface area contributed by atoms with E-state index in [4.69, 9.17) is 9.05 Å². The van der Waals surface area contributed by atoms with Crippen LogP contribution in [-0.4, -0.2) is 96.8 Å². The summed E-state index contributed by atoms with van der Waals surface area (Å²) < 4.78 is 23.0.